The zero-order valence-electron chi connectivity index (χ0n) is 14.2. The van der Waals surface area contributed by atoms with Gasteiger partial charge in [-0.2, -0.15) is 0 Å². The predicted octanol–water partition coefficient (Wildman–Crippen LogP) is 4.37. The molecule has 0 aromatic heterocycles. The number of carbonyl (C=O) groups excluding carboxylic acids is 3. The lowest BCUT2D eigenvalue weighted by Crippen LogP contribution is -2.45. The molecule has 0 spiro atoms. The Hall–Kier alpha value is -2.38. The van der Waals surface area contributed by atoms with E-state index < -0.39 is 23.9 Å². The van der Waals surface area contributed by atoms with Crippen LogP contribution in [0.25, 0.3) is 0 Å². The Morgan fingerprint density at radius 1 is 1.22 bits per heavy atom. The second kappa shape index (κ2) is 8.54. The van der Waals surface area contributed by atoms with Crippen molar-refractivity contribution in [3.63, 3.8) is 0 Å². The Labute approximate surface area is 169 Å². The summed E-state index contributed by atoms with van der Waals surface area (Å²) in [4.78, 5) is 38.0. The fourth-order valence-electron chi connectivity index (χ4n) is 2.75. The second-order valence-corrected chi connectivity index (χ2v) is 7.24. The van der Waals surface area contributed by atoms with E-state index in [1.54, 1.807) is 18.2 Å². The maximum absolute atomic E-state index is 12.6. The standard InChI is InChI=1S/C19H16BrClN2O4/c20-14-10-13(6-7-15(14)21)22-18(25)16-8-9-17(24)23(16)19(26)27-11-12-4-2-1-3-5-12/h1-7,10,16H,8-9,11H2,(H,22,25)/t16-/m1/s1. The maximum atomic E-state index is 12.6. The summed E-state index contributed by atoms with van der Waals surface area (Å²) in [6.45, 7) is 0.0297. The Balaban J connectivity index is 1.66. The number of benzene rings is 2. The van der Waals surface area contributed by atoms with Crippen molar-refractivity contribution in [3.8, 4) is 0 Å². The summed E-state index contributed by atoms with van der Waals surface area (Å²) in [6, 6.07) is 13.1. The number of nitrogens with zero attached hydrogens (tertiary/aromatic N) is 1. The van der Waals surface area contributed by atoms with E-state index in [1.165, 1.54) is 0 Å². The van der Waals surface area contributed by atoms with Crippen LogP contribution in [0.5, 0.6) is 0 Å². The van der Waals surface area contributed by atoms with Gasteiger partial charge < -0.3 is 10.1 Å². The van der Waals surface area contributed by atoms with Crippen LogP contribution < -0.4 is 5.32 Å². The number of nitrogens with one attached hydrogen (secondary N) is 1. The SMILES string of the molecule is O=C(Nc1ccc(Cl)c(Br)c1)[C@H]1CCC(=O)N1C(=O)OCc1ccccc1. The molecule has 1 aliphatic rings. The first-order valence-electron chi connectivity index (χ1n) is 8.24. The van der Waals surface area contributed by atoms with Gasteiger partial charge in [-0.15, -0.1) is 0 Å². The lowest BCUT2D eigenvalue weighted by Gasteiger charge is -2.22. The largest absolute Gasteiger partial charge is 0.444 e. The third kappa shape index (κ3) is 4.67. The van der Waals surface area contributed by atoms with Gasteiger partial charge in [-0.3, -0.25) is 9.59 Å². The van der Waals surface area contributed by atoms with Crippen LogP contribution in [0.4, 0.5) is 10.5 Å². The van der Waals surface area contributed by atoms with E-state index in [0.29, 0.717) is 15.2 Å². The number of hydrogen-bond acceptors (Lipinski definition) is 4. The molecule has 27 heavy (non-hydrogen) atoms. The van der Waals surface area contributed by atoms with Crippen LogP contribution in [0.2, 0.25) is 5.02 Å². The summed E-state index contributed by atoms with van der Waals surface area (Å²) in [7, 11) is 0. The second-order valence-electron chi connectivity index (χ2n) is 5.98. The van der Waals surface area contributed by atoms with Gasteiger partial charge in [-0.25, -0.2) is 9.69 Å². The lowest BCUT2D eigenvalue weighted by atomic mass is 10.2. The van der Waals surface area contributed by atoms with Crippen LogP contribution in [-0.4, -0.2) is 28.8 Å². The van der Waals surface area contributed by atoms with Gasteiger partial charge in [0, 0.05) is 16.6 Å². The maximum Gasteiger partial charge on any atom is 0.417 e. The van der Waals surface area contributed by atoms with Crippen LogP contribution in [-0.2, 0) is 20.9 Å². The monoisotopic (exact) mass is 450 g/mol. The van der Waals surface area contributed by atoms with Crippen LogP contribution in [0.3, 0.4) is 0 Å². The first kappa shape index (κ1) is 19.4. The van der Waals surface area contributed by atoms with E-state index in [-0.39, 0.29) is 19.4 Å². The van der Waals surface area contributed by atoms with Crippen molar-refractivity contribution in [2.45, 2.75) is 25.5 Å². The number of rotatable bonds is 4. The first-order valence-corrected chi connectivity index (χ1v) is 9.41. The van der Waals surface area contributed by atoms with E-state index in [9.17, 15) is 14.4 Å². The van der Waals surface area contributed by atoms with Crippen LogP contribution in [0, 0.1) is 0 Å². The zero-order chi connectivity index (χ0) is 19.4. The van der Waals surface area contributed by atoms with Gasteiger partial charge >= 0.3 is 6.09 Å². The van der Waals surface area contributed by atoms with Crippen molar-refractivity contribution >= 4 is 51.1 Å². The highest BCUT2D eigenvalue weighted by Gasteiger charge is 2.41. The van der Waals surface area contributed by atoms with Gasteiger partial charge in [0.2, 0.25) is 11.8 Å². The number of hydrogen-bond donors (Lipinski definition) is 1. The van der Waals surface area contributed by atoms with Crippen molar-refractivity contribution in [2.24, 2.45) is 0 Å². The minimum absolute atomic E-state index is 0.0297. The zero-order valence-corrected chi connectivity index (χ0v) is 16.5. The highest BCUT2D eigenvalue weighted by Crippen LogP contribution is 2.27. The van der Waals surface area contributed by atoms with Crippen molar-refractivity contribution in [3.05, 3.63) is 63.6 Å². The molecular weight excluding hydrogens is 436 g/mol. The molecule has 6 nitrogen and oxygen atoms in total. The minimum atomic E-state index is -0.907. The average molecular weight is 452 g/mol. The molecule has 2 aromatic carbocycles. The topological polar surface area (TPSA) is 75.7 Å². The van der Waals surface area contributed by atoms with E-state index in [4.69, 9.17) is 16.3 Å². The highest BCUT2D eigenvalue weighted by atomic mass is 79.9. The minimum Gasteiger partial charge on any atom is -0.444 e. The van der Waals surface area contributed by atoms with Crippen molar-refractivity contribution in [1.29, 1.82) is 0 Å². The van der Waals surface area contributed by atoms with Gasteiger partial charge in [0.25, 0.3) is 0 Å². The quantitative estimate of drug-likeness (QED) is 0.749. The Morgan fingerprint density at radius 3 is 2.67 bits per heavy atom. The average Bonchev–Trinajstić information content (AvgIpc) is 3.05. The summed E-state index contributed by atoms with van der Waals surface area (Å²) in [5.74, 6) is -0.878. The molecule has 0 bridgehead atoms. The molecule has 1 aliphatic heterocycles. The molecule has 3 amide bonds. The lowest BCUT2D eigenvalue weighted by molar-refractivity contribution is -0.131. The molecule has 0 aliphatic carbocycles. The van der Waals surface area contributed by atoms with Gasteiger partial charge in [0.1, 0.15) is 12.6 Å². The van der Waals surface area contributed by atoms with E-state index in [1.807, 2.05) is 30.3 Å². The summed E-state index contributed by atoms with van der Waals surface area (Å²) in [5.41, 5.74) is 1.30. The molecule has 140 valence electrons. The summed E-state index contributed by atoms with van der Waals surface area (Å²) in [5, 5.41) is 3.21. The van der Waals surface area contributed by atoms with Crippen LogP contribution in [0.1, 0.15) is 18.4 Å². The molecule has 0 saturated carbocycles. The predicted molar refractivity (Wildman–Crippen MR) is 104 cm³/mol. The number of imide groups is 1. The number of carbonyl (C=O) groups is 3. The number of halogens is 2. The Kier molecular flexibility index (Phi) is 6.13. The van der Waals surface area contributed by atoms with Gasteiger partial charge in [-0.05, 0) is 46.1 Å². The number of amides is 3. The molecule has 1 heterocycles. The van der Waals surface area contributed by atoms with Crippen molar-refractivity contribution in [1.82, 2.24) is 4.90 Å². The van der Waals surface area contributed by atoms with Crippen molar-refractivity contribution < 1.29 is 19.1 Å². The molecular formula is C19H16BrClN2O4. The summed E-state index contributed by atoms with van der Waals surface area (Å²) in [6.07, 6.45) is -0.457. The van der Waals surface area contributed by atoms with E-state index in [2.05, 4.69) is 21.2 Å². The molecule has 8 heteroatoms. The third-order valence-electron chi connectivity index (χ3n) is 4.10. The molecule has 2 aromatic rings. The van der Waals surface area contributed by atoms with Crippen LogP contribution >= 0.6 is 27.5 Å². The van der Waals surface area contributed by atoms with E-state index in [0.717, 1.165) is 10.5 Å². The number of anilines is 1. The Morgan fingerprint density at radius 2 is 1.96 bits per heavy atom. The third-order valence-corrected chi connectivity index (χ3v) is 5.32. The molecule has 1 saturated heterocycles. The Bertz CT molecular complexity index is 875. The molecule has 1 atom stereocenters. The summed E-state index contributed by atoms with van der Waals surface area (Å²) >= 11 is 9.22. The van der Waals surface area contributed by atoms with Gasteiger partial charge in [0.15, 0.2) is 0 Å². The number of ether oxygens (including phenoxy) is 1. The summed E-state index contributed by atoms with van der Waals surface area (Å²) < 4.78 is 5.84. The molecule has 0 unspecified atom stereocenters. The molecule has 3 rings (SSSR count). The fraction of sp³-hybridized carbons (Fsp3) is 0.211. The normalized spacial score (nSPS) is 16.3. The smallest absolute Gasteiger partial charge is 0.417 e. The van der Waals surface area contributed by atoms with Crippen molar-refractivity contribution in [2.75, 3.05) is 5.32 Å². The molecule has 1 fully saturated rings. The highest BCUT2D eigenvalue weighted by molar-refractivity contribution is 9.10. The molecule has 0 radical (unpaired) electrons. The van der Waals surface area contributed by atoms with Crippen LogP contribution in [0.15, 0.2) is 53.0 Å². The molecule has 1 N–H and O–H groups in total. The number of likely N-dealkylation sites (tertiary alicyclic amines) is 1. The van der Waals surface area contributed by atoms with E-state index >= 15 is 0 Å². The first-order chi connectivity index (χ1) is 13.0. The fourth-order valence-corrected chi connectivity index (χ4v) is 3.25. The van der Waals surface area contributed by atoms with Gasteiger partial charge in [-0.1, -0.05) is 41.9 Å². The van der Waals surface area contributed by atoms with Gasteiger partial charge in [0.05, 0.1) is 5.02 Å².